The van der Waals surface area contributed by atoms with E-state index in [4.69, 9.17) is 9.47 Å². The number of benzene rings is 2. The summed E-state index contributed by atoms with van der Waals surface area (Å²) in [5.41, 5.74) is 5.58. The van der Waals surface area contributed by atoms with Crippen LogP contribution in [-0.4, -0.2) is 43.5 Å². The second-order valence-electron chi connectivity index (χ2n) is 7.30. The van der Waals surface area contributed by atoms with Crippen LogP contribution < -0.4 is 20.2 Å². The fraction of sp³-hybridized carbons (Fsp3) is 0.304. The molecule has 0 aliphatic carbocycles. The van der Waals surface area contributed by atoms with Crippen LogP contribution in [-0.2, 0) is 0 Å². The van der Waals surface area contributed by atoms with E-state index in [0.29, 0.717) is 29.1 Å². The predicted molar refractivity (Wildman–Crippen MR) is 120 cm³/mol. The summed E-state index contributed by atoms with van der Waals surface area (Å²) < 4.78 is 10.9. The number of Topliss-reactive ketones (excluding diaryl/α,β-unsaturated/α-hetero) is 1. The van der Waals surface area contributed by atoms with E-state index in [0.717, 1.165) is 10.6 Å². The SMILES string of the molecule is COc1ccc(C2CC(C(=O)c3ccccc3)NC3C(C#N)=C(SC)NN32)cc1OC. The molecule has 0 radical (unpaired) electrons. The monoisotopic (exact) mass is 436 g/mol. The zero-order chi connectivity index (χ0) is 22.0. The van der Waals surface area contributed by atoms with Crippen molar-refractivity contribution in [1.29, 1.82) is 5.26 Å². The molecule has 0 saturated carbocycles. The summed E-state index contributed by atoms with van der Waals surface area (Å²) in [4.78, 5) is 13.3. The number of rotatable bonds is 6. The molecule has 2 heterocycles. The van der Waals surface area contributed by atoms with Crippen LogP contribution in [0.5, 0.6) is 11.5 Å². The van der Waals surface area contributed by atoms with Gasteiger partial charge < -0.3 is 14.9 Å². The fourth-order valence-corrected chi connectivity index (χ4v) is 4.71. The first kappa shape index (κ1) is 21.2. The summed E-state index contributed by atoms with van der Waals surface area (Å²) in [7, 11) is 3.20. The molecule has 2 aromatic carbocycles. The summed E-state index contributed by atoms with van der Waals surface area (Å²) in [5.74, 6) is 1.28. The van der Waals surface area contributed by atoms with Gasteiger partial charge in [0.1, 0.15) is 12.2 Å². The van der Waals surface area contributed by atoms with Gasteiger partial charge in [-0.05, 0) is 30.4 Å². The van der Waals surface area contributed by atoms with E-state index in [1.807, 2.05) is 59.8 Å². The Morgan fingerprint density at radius 1 is 1.16 bits per heavy atom. The van der Waals surface area contributed by atoms with E-state index in [9.17, 15) is 10.1 Å². The summed E-state index contributed by atoms with van der Waals surface area (Å²) >= 11 is 1.48. The molecule has 2 N–H and O–H groups in total. The molecule has 0 spiro atoms. The lowest BCUT2D eigenvalue weighted by Gasteiger charge is -2.42. The third-order valence-corrected chi connectivity index (χ3v) is 6.39. The van der Waals surface area contributed by atoms with Crippen LogP contribution >= 0.6 is 11.8 Å². The van der Waals surface area contributed by atoms with Gasteiger partial charge in [-0.3, -0.25) is 10.1 Å². The molecule has 0 bridgehead atoms. The second-order valence-corrected chi connectivity index (χ2v) is 8.11. The van der Waals surface area contributed by atoms with E-state index in [2.05, 4.69) is 16.8 Å². The third-order valence-electron chi connectivity index (χ3n) is 5.67. The molecule has 3 atom stereocenters. The summed E-state index contributed by atoms with van der Waals surface area (Å²) in [5, 5.41) is 16.0. The first-order chi connectivity index (χ1) is 15.1. The number of hydrazine groups is 1. The van der Waals surface area contributed by atoms with Crippen LogP contribution in [0.25, 0.3) is 0 Å². The number of thioether (sulfide) groups is 1. The Kier molecular flexibility index (Phi) is 6.18. The normalized spacial score (nSPS) is 23.0. The van der Waals surface area contributed by atoms with E-state index in [1.54, 1.807) is 14.2 Å². The van der Waals surface area contributed by atoms with Crippen LogP contribution in [0.2, 0.25) is 0 Å². The first-order valence-electron chi connectivity index (χ1n) is 9.91. The summed E-state index contributed by atoms with van der Waals surface area (Å²) in [6.45, 7) is 0. The summed E-state index contributed by atoms with van der Waals surface area (Å²) in [6.07, 6.45) is 2.06. The number of fused-ring (bicyclic) bond motifs is 1. The lowest BCUT2D eigenvalue weighted by atomic mass is 9.90. The second kappa shape index (κ2) is 9.02. The van der Waals surface area contributed by atoms with Gasteiger partial charge in [-0.2, -0.15) is 10.3 Å². The number of hydrogen-bond acceptors (Lipinski definition) is 8. The van der Waals surface area contributed by atoms with Gasteiger partial charge in [0.15, 0.2) is 17.3 Å². The van der Waals surface area contributed by atoms with Crippen LogP contribution in [0.3, 0.4) is 0 Å². The van der Waals surface area contributed by atoms with Gasteiger partial charge in [0.25, 0.3) is 0 Å². The molecule has 1 saturated heterocycles. The Bertz CT molecular complexity index is 1050. The zero-order valence-electron chi connectivity index (χ0n) is 17.6. The number of nitrogens with one attached hydrogen (secondary N) is 2. The minimum absolute atomic E-state index is 0.0145. The Balaban J connectivity index is 1.73. The molecule has 160 valence electrons. The van der Waals surface area contributed by atoms with Crippen molar-refractivity contribution in [2.45, 2.75) is 24.7 Å². The first-order valence-corrected chi connectivity index (χ1v) is 11.1. The number of ketones is 1. The van der Waals surface area contributed by atoms with Crippen LogP contribution in [0.4, 0.5) is 0 Å². The van der Waals surface area contributed by atoms with Crippen molar-refractivity contribution >= 4 is 17.5 Å². The molecule has 4 rings (SSSR count). The highest BCUT2D eigenvalue weighted by Gasteiger charge is 2.45. The summed E-state index contributed by atoms with van der Waals surface area (Å²) in [6, 6.07) is 16.7. The van der Waals surface area contributed by atoms with Crippen LogP contribution in [0.15, 0.2) is 59.1 Å². The van der Waals surface area contributed by atoms with Crippen LogP contribution in [0.1, 0.15) is 28.4 Å². The molecular weight excluding hydrogens is 412 g/mol. The average molecular weight is 437 g/mol. The lowest BCUT2D eigenvalue weighted by Crippen LogP contribution is -2.60. The van der Waals surface area contributed by atoms with Gasteiger partial charge in [-0.25, -0.2) is 0 Å². The minimum Gasteiger partial charge on any atom is -0.493 e. The number of carbonyl (C=O) groups excluding carboxylic acids is 1. The van der Waals surface area contributed by atoms with Crippen LogP contribution in [0, 0.1) is 11.3 Å². The quantitative estimate of drug-likeness (QED) is 0.668. The number of carbonyl (C=O) groups is 1. The zero-order valence-corrected chi connectivity index (χ0v) is 18.4. The molecule has 2 aliphatic rings. The topological polar surface area (TPSA) is 86.6 Å². The van der Waals surface area contributed by atoms with E-state index >= 15 is 0 Å². The molecule has 8 heteroatoms. The largest absolute Gasteiger partial charge is 0.493 e. The predicted octanol–water partition coefficient (Wildman–Crippen LogP) is 3.23. The van der Waals surface area contributed by atoms with Crippen molar-refractivity contribution in [1.82, 2.24) is 15.8 Å². The highest BCUT2D eigenvalue weighted by Crippen LogP contribution is 2.40. The highest BCUT2D eigenvalue weighted by molar-refractivity contribution is 8.02. The Labute approximate surface area is 186 Å². The Morgan fingerprint density at radius 2 is 1.90 bits per heavy atom. The number of hydrogen-bond donors (Lipinski definition) is 2. The molecule has 3 unspecified atom stereocenters. The van der Waals surface area contributed by atoms with Crippen molar-refractivity contribution in [2.75, 3.05) is 20.5 Å². The molecule has 7 nitrogen and oxygen atoms in total. The van der Waals surface area contributed by atoms with Gasteiger partial charge >= 0.3 is 0 Å². The van der Waals surface area contributed by atoms with Crippen molar-refractivity contribution in [3.05, 3.63) is 70.3 Å². The molecule has 31 heavy (non-hydrogen) atoms. The lowest BCUT2D eigenvalue weighted by molar-refractivity contribution is 0.0429. The van der Waals surface area contributed by atoms with Gasteiger partial charge in [0.2, 0.25) is 0 Å². The van der Waals surface area contributed by atoms with Crippen molar-refractivity contribution in [3.8, 4) is 17.6 Å². The molecule has 2 aromatic rings. The van der Waals surface area contributed by atoms with Crippen molar-refractivity contribution in [2.24, 2.45) is 0 Å². The average Bonchev–Trinajstić information content (AvgIpc) is 3.20. The third kappa shape index (κ3) is 3.88. The number of methoxy groups -OCH3 is 2. The highest BCUT2D eigenvalue weighted by atomic mass is 32.2. The van der Waals surface area contributed by atoms with Gasteiger partial charge in [-0.15, -0.1) is 11.8 Å². The smallest absolute Gasteiger partial charge is 0.179 e. The van der Waals surface area contributed by atoms with Gasteiger partial charge in [0.05, 0.1) is 36.9 Å². The number of nitriles is 1. The number of nitrogens with zero attached hydrogens (tertiary/aromatic N) is 2. The standard InChI is InChI=1S/C23H24N4O3S/c1-29-19-10-9-15(11-20(19)30-2)18-12-17(21(28)14-7-5-4-6-8-14)25-22-16(13-24)23(31-3)26-27(18)22/h4-11,17-18,22,25-26H,12H2,1-3H3. The Morgan fingerprint density at radius 3 is 2.55 bits per heavy atom. The maximum absolute atomic E-state index is 13.3. The van der Waals surface area contributed by atoms with Crippen molar-refractivity contribution in [3.63, 3.8) is 0 Å². The van der Waals surface area contributed by atoms with E-state index in [-0.39, 0.29) is 11.8 Å². The maximum Gasteiger partial charge on any atom is 0.179 e. The van der Waals surface area contributed by atoms with Gasteiger partial charge in [-0.1, -0.05) is 36.4 Å². The van der Waals surface area contributed by atoms with E-state index in [1.165, 1.54) is 11.8 Å². The van der Waals surface area contributed by atoms with E-state index < -0.39 is 12.2 Å². The molecule has 1 fully saturated rings. The fourth-order valence-electron chi connectivity index (χ4n) is 4.13. The molecular formula is C23H24N4O3S. The van der Waals surface area contributed by atoms with Gasteiger partial charge in [0, 0.05) is 5.56 Å². The number of ether oxygens (including phenoxy) is 2. The van der Waals surface area contributed by atoms with Crippen molar-refractivity contribution < 1.29 is 14.3 Å². The maximum atomic E-state index is 13.3. The molecule has 2 aliphatic heterocycles. The minimum atomic E-state index is -0.437. The molecule has 0 amide bonds. The Hall–Kier alpha value is -2.99. The molecule has 0 aromatic heterocycles.